The molecule has 18 heavy (non-hydrogen) atoms. The maximum absolute atomic E-state index is 5.77. The van der Waals surface area contributed by atoms with Crippen molar-refractivity contribution in [1.29, 1.82) is 0 Å². The summed E-state index contributed by atoms with van der Waals surface area (Å²) in [6.45, 7) is 3.33. The number of rotatable bonds is 6. The Morgan fingerprint density at radius 2 is 2.17 bits per heavy atom. The van der Waals surface area contributed by atoms with Gasteiger partial charge < -0.3 is 9.47 Å². The maximum atomic E-state index is 5.77. The Morgan fingerprint density at radius 3 is 2.89 bits per heavy atom. The van der Waals surface area contributed by atoms with Crippen molar-refractivity contribution < 1.29 is 9.47 Å². The molecule has 0 saturated heterocycles. The van der Waals surface area contributed by atoms with Crippen molar-refractivity contribution in [3.8, 4) is 12.0 Å². The molecule has 2 aromatic heterocycles. The van der Waals surface area contributed by atoms with Gasteiger partial charge in [-0.15, -0.1) is 0 Å². The lowest BCUT2D eigenvalue weighted by molar-refractivity contribution is 0.106. The lowest BCUT2D eigenvalue weighted by Crippen LogP contribution is -2.11. The molecule has 0 amide bonds. The molecule has 2 rings (SSSR count). The molecule has 9 heteroatoms. The molecule has 0 N–H and O–H groups in total. The van der Waals surface area contributed by atoms with Gasteiger partial charge in [0, 0.05) is 6.61 Å². The SMILES string of the molecule is CCOCCOc1nc(Cl)nc(-n2cncn2)n1. The predicted octanol–water partition coefficient (Wildman–Crippen LogP) is 0.521. The van der Waals surface area contributed by atoms with E-state index < -0.39 is 0 Å². The van der Waals surface area contributed by atoms with E-state index in [2.05, 4.69) is 25.0 Å². The minimum atomic E-state index is 0.0295. The predicted molar refractivity (Wildman–Crippen MR) is 61.7 cm³/mol. The van der Waals surface area contributed by atoms with Crippen LogP contribution in [-0.2, 0) is 4.74 Å². The topological polar surface area (TPSA) is 87.8 Å². The summed E-state index contributed by atoms with van der Waals surface area (Å²) in [6, 6.07) is 0.125. The fourth-order valence-electron chi connectivity index (χ4n) is 1.14. The monoisotopic (exact) mass is 270 g/mol. The second kappa shape index (κ2) is 6.22. The molecule has 0 bridgehead atoms. The molecule has 0 aliphatic rings. The zero-order valence-corrected chi connectivity index (χ0v) is 10.4. The van der Waals surface area contributed by atoms with Crippen LogP contribution in [0.25, 0.3) is 5.95 Å². The second-order valence-corrected chi connectivity index (χ2v) is 3.41. The Bertz CT molecular complexity index is 492. The van der Waals surface area contributed by atoms with Gasteiger partial charge in [-0.05, 0) is 18.5 Å². The Kier molecular flexibility index (Phi) is 4.37. The zero-order valence-electron chi connectivity index (χ0n) is 9.65. The van der Waals surface area contributed by atoms with E-state index in [1.54, 1.807) is 0 Å². The summed E-state index contributed by atoms with van der Waals surface area (Å²) < 4.78 is 11.8. The van der Waals surface area contributed by atoms with E-state index in [9.17, 15) is 0 Å². The van der Waals surface area contributed by atoms with Crippen LogP contribution >= 0.6 is 11.6 Å². The zero-order chi connectivity index (χ0) is 12.8. The number of ether oxygens (including phenoxy) is 2. The average Bonchev–Trinajstić information content (AvgIpc) is 2.88. The number of halogens is 1. The van der Waals surface area contributed by atoms with E-state index in [1.807, 2.05) is 6.92 Å². The lowest BCUT2D eigenvalue weighted by atomic mass is 10.7. The molecule has 0 saturated carbocycles. The largest absolute Gasteiger partial charge is 0.461 e. The van der Waals surface area contributed by atoms with Crippen molar-refractivity contribution >= 4 is 11.6 Å². The van der Waals surface area contributed by atoms with Crippen LogP contribution in [0.3, 0.4) is 0 Å². The fraction of sp³-hybridized carbons (Fsp3) is 0.444. The van der Waals surface area contributed by atoms with Gasteiger partial charge in [-0.3, -0.25) is 0 Å². The van der Waals surface area contributed by atoms with Crippen molar-refractivity contribution in [2.75, 3.05) is 19.8 Å². The summed E-state index contributed by atoms with van der Waals surface area (Å²) in [7, 11) is 0. The molecule has 2 aromatic rings. The molecule has 0 aliphatic carbocycles. The standard InChI is InChI=1S/C9H11ClN6O2/c1-2-17-3-4-18-9-14-7(10)13-8(15-9)16-6-11-5-12-16/h5-6H,2-4H2,1H3. The first-order valence-electron chi connectivity index (χ1n) is 5.26. The number of hydrogen-bond acceptors (Lipinski definition) is 7. The molecular formula is C9H11ClN6O2. The van der Waals surface area contributed by atoms with Gasteiger partial charge in [-0.2, -0.15) is 24.7 Å². The van der Waals surface area contributed by atoms with Gasteiger partial charge in [-0.25, -0.2) is 4.98 Å². The van der Waals surface area contributed by atoms with E-state index in [4.69, 9.17) is 21.1 Å². The molecule has 2 heterocycles. The third-order valence-corrected chi connectivity index (χ3v) is 2.03. The van der Waals surface area contributed by atoms with Gasteiger partial charge >= 0.3 is 6.01 Å². The Hall–Kier alpha value is -1.80. The molecule has 0 fully saturated rings. The quantitative estimate of drug-likeness (QED) is 0.707. The first kappa shape index (κ1) is 12.7. The van der Waals surface area contributed by atoms with Crippen LogP contribution in [0.4, 0.5) is 0 Å². The highest BCUT2D eigenvalue weighted by molar-refractivity contribution is 6.28. The lowest BCUT2D eigenvalue weighted by Gasteiger charge is -2.05. The van der Waals surface area contributed by atoms with Crippen molar-refractivity contribution in [2.45, 2.75) is 6.92 Å². The first-order chi connectivity index (χ1) is 8.79. The van der Waals surface area contributed by atoms with Gasteiger partial charge in [0.25, 0.3) is 5.95 Å². The summed E-state index contributed by atoms with van der Waals surface area (Å²) in [6.07, 6.45) is 2.82. The van der Waals surface area contributed by atoms with Gasteiger partial charge in [0.05, 0.1) is 6.61 Å². The summed E-state index contributed by atoms with van der Waals surface area (Å²) in [5.74, 6) is 0.249. The number of aromatic nitrogens is 6. The summed E-state index contributed by atoms with van der Waals surface area (Å²) >= 11 is 5.77. The van der Waals surface area contributed by atoms with E-state index in [0.717, 1.165) is 0 Å². The van der Waals surface area contributed by atoms with Crippen LogP contribution in [0, 0.1) is 0 Å². The van der Waals surface area contributed by atoms with Gasteiger partial charge in [0.15, 0.2) is 0 Å². The first-order valence-corrected chi connectivity index (χ1v) is 5.64. The van der Waals surface area contributed by atoms with Crippen LogP contribution in [0.2, 0.25) is 5.28 Å². The van der Waals surface area contributed by atoms with E-state index in [-0.39, 0.29) is 17.2 Å². The minimum absolute atomic E-state index is 0.0295. The van der Waals surface area contributed by atoms with Gasteiger partial charge in [0.1, 0.15) is 19.3 Å². The van der Waals surface area contributed by atoms with Gasteiger partial charge in [0.2, 0.25) is 5.28 Å². The molecule has 8 nitrogen and oxygen atoms in total. The van der Waals surface area contributed by atoms with Crippen LogP contribution in [0.1, 0.15) is 6.92 Å². The molecular weight excluding hydrogens is 260 g/mol. The normalized spacial score (nSPS) is 10.6. The Labute approximate surface area is 108 Å². The smallest absolute Gasteiger partial charge is 0.322 e. The third-order valence-electron chi connectivity index (χ3n) is 1.86. The summed E-state index contributed by atoms with van der Waals surface area (Å²) in [5, 5.41) is 3.92. The van der Waals surface area contributed by atoms with Crippen LogP contribution in [0.5, 0.6) is 6.01 Å². The van der Waals surface area contributed by atoms with E-state index >= 15 is 0 Å². The molecule has 0 aliphatic heterocycles. The fourth-order valence-corrected chi connectivity index (χ4v) is 1.28. The Balaban J connectivity index is 2.07. The number of hydrogen-bond donors (Lipinski definition) is 0. The van der Waals surface area contributed by atoms with Crippen LogP contribution < -0.4 is 4.74 Å². The number of nitrogens with zero attached hydrogens (tertiary/aromatic N) is 6. The van der Waals surface area contributed by atoms with Crippen molar-refractivity contribution in [3.05, 3.63) is 17.9 Å². The molecule has 96 valence electrons. The van der Waals surface area contributed by atoms with Crippen molar-refractivity contribution in [1.82, 2.24) is 29.7 Å². The highest BCUT2D eigenvalue weighted by atomic mass is 35.5. The third kappa shape index (κ3) is 3.34. The molecule has 0 unspecified atom stereocenters. The van der Waals surface area contributed by atoms with Crippen LogP contribution in [0.15, 0.2) is 12.7 Å². The second-order valence-electron chi connectivity index (χ2n) is 3.07. The molecule has 0 spiro atoms. The van der Waals surface area contributed by atoms with Crippen molar-refractivity contribution in [2.24, 2.45) is 0 Å². The maximum Gasteiger partial charge on any atom is 0.322 e. The van der Waals surface area contributed by atoms with Crippen LogP contribution in [-0.4, -0.2) is 49.5 Å². The summed E-state index contributed by atoms with van der Waals surface area (Å²) in [5.41, 5.74) is 0. The highest BCUT2D eigenvalue weighted by Crippen LogP contribution is 2.10. The van der Waals surface area contributed by atoms with E-state index in [0.29, 0.717) is 19.8 Å². The Morgan fingerprint density at radius 1 is 1.28 bits per heavy atom. The van der Waals surface area contributed by atoms with Gasteiger partial charge in [-0.1, -0.05) is 0 Å². The highest BCUT2D eigenvalue weighted by Gasteiger charge is 2.08. The van der Waals surface area contributed by atoms with E-state index in [1.165, 1.54) is 17.3 Å². The average molecular weight is 271 g/mol. The summed E-state index contributed by atoms with van der Waals surface area (Å²) in [4.78, 5) is 15.6. The molecule has 0 aromatic carbocycles. The minimum Gasteiger partial charge on any atom is -0.461 e. The van der Waals surface area contributed by atoms with Crippen molar-refractivity contribution in [3.63, 3.8) is 0 Å². The molecule has 0 atom stereocenters. The molecule has 0 radical (unpaired) electrons.